The van der Waals surface area contributed by atoms with Crippen LogP contribution in [0, 0.1) is 6.92 Å². The maximum atomic E-state index is 12.3. The van der Waals surface area contributed by atoms with Crippen LogP contribution in [0.5, 0.6) is 17.2 Å². The Balaban J connectivity index is 1.51. The van der Waals surface area contributed by atoms with Crippen LogP contribution in [0.3, 0.4) is 0 Å². The number of benzene rings is 2. The topological polar surface area (TPSA) is 56.8 Å². The van der Waals surface area contributed by atoms with Crippen molar-refractivity contribution in [1.82, 2.24) is 5.32 Å². The van der Waals surface area contributed by atoms with E-state index >= 15 is 0 Å². The lowest BCUT2D eigenvalue weighted by atomic mass is 10.2. The molecule has 0 saturated carbocycles. The van der Waals surface area contributed by atoms with Crippen LogP contribution < -0.4 is 19.5 Å². The molecule has 1 amide bonds. The van der Waals surface area contributed by atoms with Crippen LogP contribution in [-0.4, -0.2) is 31.3 Å². The van der Waals surface area contributed by atoms with Gasteiger partial charge in [-0.3, -0.25) is 4.79 Å². The second kappa shape index (κ2) is 7.25. The molecule has 0 saturated heterocycles. The molecule has 5 nitrogen and oxygen atoms in total. The van der Waals surface area contributed by atoms with Gasteiger partial charge in [0, 0.05) is 0 Å². The summed E-state index contributed by atoms with van der Waals surface area (Å²) < 4.78 is 17.0. The van der Waals surface area contributed by atoms with E-state index in [1.807, 2.05) is 56.3 Å². The van der Waals surface area contributed by atoms with Crippen molar-refractivity contribution in [3.8, 4) is 17.2 Å². The molecule has 1 aliphatic rings. The smallest absolute Gasteiger partial charge is 0.265 e. The zero-order valence-electron chi connectivity index (χ0n) is 13.8. The Bertz CT molecular complexity index is 716. The van der Waals surface area contributed by atoms with Crippen molar-refractivity contribution >= 4 is 5.91 Å². The number of rotatable bonds is 5. The van der Waals surface area contributed by atoms with Gasteiger partial charge in [-0.1, -0.05) is 30.3 Å². The molecule has 126 valence electrons. The third-order valence-electron chi connectivity index (χ3n) is 3.77. The molecule has 0 aliphatic carbocycles. The van der Waals surface area contributed by atoms with E-state index in [4.69, 9.17) is 14.2 Å². The summed E-state index contributed by atoms with van der Waals surface area (Å²) in [5.41, 5.74) is 1.07. The van der Waals surface area contributed by atoms with Gasteiger partial charge in [0.2, 0.25) is 6.10 Å². The van der Waals surface area contributed by atoms with Crippen molar-refractivity contribution < 1.29 is 19.0 Å². The number of carbonyl (C=O) groups is 1. The Kier molecular flexibility index (Phi) is 4.89. The molecule has 2 unspecified atom stereocenters. The standard InChI is InChI=1S/C19H21NO4/c1-13-7-3-4-8-15(13)22-11-14(2)20-19(21)18-12-23-16-9-5-6-10-17(16)24-18/h3-10,14,18H,11-12H2,1-2H3,(H,20,21). The summed E-state index contributed by atoms with van der Waals surface area (Å²) in [4.78, 5) is 12.3. The van der Waals surface area contributed by atoms with Gasteiger partial charge in [-0.2, -0.15) is 0 Å². The van der Waals surface area contributed by atoms with Crippen molar-refractivity contribution in [3.63, 3.8) is 0 Å². The SMILES string of the molecule is Cc1ccccc1OCC(C)NC(=O)C1COc2ccccc2O1. The normalized spacial score (nSPS) is 17.0. The molecule has 1 N–H and O–H groups in total. The number of carbonyl (C=O) groups excluding carboxylic acids is 1. The third-order valence-corrected chi connectivity index (χ3v) is 3.77. The molecule has 24 heavy (non-hydrogen) atoms. The highest BCUT2D eigenvalue weighted by Gasteiger charge is 2.28. The Hall–Kier alpha value is -2.69. The van der Waals surface area contributed by atoms with Gasteiger partial charge < -0.3 is 19.5 Å². The highest BCUT2D eigenvalue weighted by atomic mass is 16.6. The lowest BCUT2D eigenvalue weighted by Crippen LogP contribution is -2.48. The van der Waals surface area contributed by atoms with Crippen molar-refractivity contribution in [3.05, 3.63) is 54.1 Å². The van der Waals surface area contributed by atoms with Gasteiger partial charge in [0.05, 0.1) is 6.04 Å². The van der Waals surface area contributed by atoms with E-state index in [0.29, 0.717) is 18.1 Å². The first-order chi connectivity index (χ1) is 11.6. The number of hydrogen-bond donors (Lipinski definition) is 1. The Labute approximate surface area is 141 Å². The minimum atomic E-state index is -0.652. The van der Waals surface area contributed by atoms with Crippen LogP contribution in [0.1, 0.15) is 12.5 Å². The fourth-order valence-electron chi connectivity index (χ4n) is 2.46. The molecular weight excluding hydrogens is 306 g/mol. The van der Waals surface area contributed by atoms with E-state index in [2.05, 4.69) is 5.32 Å². The molecule has 5 heteroatoms. The number of nitrogens with one attached hydrogen (secondary N) is 1. The average Bonchev–Trinajstić information content (AvgIpc) is 2.60. The highest BCUT2D eigenvalue weighted by Crippen LogP contribution is 2.30. The summed E-state index contributed by atoms with van der Waals surface area (Å²) in [7, 11) is 0. The van der Waals surface area contributed by atoms with Gasteiger partial charge >= 0.3 is 0 Å². The second-order valence-electron chi connectivity index (χ2n) is 5.85. The van der Waals surface area contributed by atoms with Crippen molar-refractivity contribution in [2.75, 3.05) is 13.2 Å². The molecule has 0 aromatic heterocycles. The van der Waals surface area contributed by atoms with E-state index in [1.165, 1.54) is 0 Å². The fourth-order valence-corrected chi connectivity index (χ4v) is 2.46. The predicted molar refractivity (Wildman–Crippen MR) is 90.6 cm³/mol. The van der Waals surface area contributed by atoms with Gasteiger partial charge in [0.15, 0.2) is 11.5 Å². The summed E-state index contributed by atoms with van der Waals surface area (Å²) >= 11 is 0. The van der Waals surface area contributed by atoms with Crippen LogP contribution in [0.25, 0.3) is 0 Å². The van der Waals surface area contributed by atoms with Gasteiger partial charge in [0.1, 0.15) is 19.0 Å². The quantitative estimate of drug-likeness (QED) is 0.917. The molecule has 0 spiro atoms. The molecule has 3 rings (SSSR count). The van der Waals surface area contributed by atoms with E-state index in [1.54, 1.807) is 6.07 Å². The minimum Gasteiger partial charge on any atom is -0.491 e. The highest BCUT2D eigenvalue weighted by molar-refractivity contribution is 5.82. The van der Waals surface area contributed by atoms with Crippen LogP contribution >= 0.6 is 0 Å². The monoisotopic (exact) mass is 327 g/mol. The molecule has 2 atom stereocenters. The number of ether oxygens (including phenoxy) is 3. The van der Waals surface area contributed by atoms with Crippen molar-refractivity contribution in [2.24, 2.45) is 0 Å². The molecule has 0 bridgehead atoms. The first-order valence-electron chi connectivity index (χ1n) is 8.01. The van der Waals surface area contributed by atoms with E-state index in [0.717, 1.165) is 11.3 Å². The molecule has 1 aliphatic heterocycles. The van der Waals surface area contributed by atoms with Gasteiger partial charge in [-0.15, -0.1) is 0 Å². The predicted octanol–water partition coefficient (Wildman–Crippen LogP) is 2.72. The lowest BCUT2D eigenvalue weighted by molar-refractivity contribution is -0.131. The van der Waals surface area contributed by atoms with E-state index < -0.39 is 6.10 Å². The molecule has 2 aromatic carbocycles. The zero-order chi connectivity index (χ0) is 16.9. The molecular formula is C19H21NO4. The fraction of sp³-hybridized carbons (Fsp3) is 0.316. The van der Waals surface area contributed by atoms with Crippen molar-refractivity contribution in [1.29, 1.82) is 0 Å². The first-order valence-corrected chi connectivity index (χ1v) is 8.01. The molecule has 0 radical (unpaired) electrons. The first kappa shape index (κ1) is 16.2. The number of amides is 1. The van der Waals surface area contributed by atoms with Crippen LogP contribution in [-0.2, 0) is 4.79 Å². The number of fused-ring (bicyclic) bond motifs is 1. The lowest BCUT2D eigenvalue weighted by Gasteiger charge is -2.26. The summed E-state index contributed by atoms with van der Waals surface area (Å²) in [6.07, 6.45) is -0.652. The van der Waals surface area contributed by atoms with Crippen LogP contribution in [0.2, 0.25) is 0 Å². The summed E-state index contributed by atoms with van der Waals surface area (Å²) in [6.45, 7) is 4.48. The molecule has 2 aromatic rings. The Morgan fingerprint density at radius 2 is 1.92 bits per heavy atom. The number of aryl methyl sites for hydroxylation is 1. The van der Waals surface area contributed by atoms with Gasteiger partial charge in [0.25, 0.3) is 5.91 Å². The number of hydrogen-bond acceptors (Lipinski definition) is 4. The third kappa shape index (κ3) is 3.79. The average molecular weight is 327 g/mol. The Morgan fingerprint density at radius 1 is 1.21 bits per heavy atom. The molecule has 1 heterocycles. The van der Waals surface area contributed by atoms with Crippen molar-refractivity contribution in [2.45, 2.75) is 26.0 Å². The Morgan fingerprint density at radius 3 is 2.71 bits per heavy atom. The van der Waals surface area contributed by atoms with Crippen LogP contribution in [0.15, 0.2) is 48.5 Å². The largest absolute Gasteiger partial charge is 0.491 e. The maximum Gasteiger partial charge on any atom is 0.265 e. The van der Waals surface area contributed by atoms with Gasteiger partial charge in [-0.05, 0) is 37.6 Å². The molecule has 0 fully saturated rings. The summed E-state index contributed by atoms with van der Waals surface area (Å²) in [5.74, 6) is 1.88. The number of para-hydroxylation sites is 3. The summed E-state index contributed by atoms with van der Waals surface area (Å²) in [6, 6.07) is 15.0. The second-order valence-corrected chi connectivity index (χ2v) is 5.85. The minimum absolute atomic E-state index is 0.141. The summed E-state index contributed by atoms with van der Waals surface area (Å²) in [5, 5.41) is 2.90. The maximum absolute atomic E-state index is 12.3. The van der Waals surface area contributed by atoms with E-state index in [-0.39, 0.29) is 18.6 Å². The van der Waals surface area contributed by atoms with E-state index in [9.17, 15) is 4.79 Å². The van der Waals surface area contributed by atoms with Crippen LogP contribution in [0.4, 0.5) is 0 Å². The zero-order valence-corrected chi connectivity index (χ0v) is 13.8. The van der Waals surface area contributed by atoms with Gasteiger partial charge in [-0.25, -0.2) is 0 Å².